The number of hydrogen-bond donors (Lipinski definition) is 1. The van der Waals surface area contributed by atoms with Gasteiger partial charge in [-0.1, -0.05) is 17.7 Å². The predicted molar refractivity (Wildman–Crippen MR) is 64.5 cm³/mol. The molecule has 0 radical (unpaired) electrons. The summed E-state index contributed by atoms with van der Waals surface area (Å²) in [5.74, 6) is -0.826. The third kappa shape index (κ3) is 2.86. The van der Waals surface area contributed by atoms with E-state index in [0.717, 1.165) is 0 Å². The van der Waals surface area contributed by atoms with Crippen LogP contribution in [0.5, 0.6) is 0 Å². The van der Waals surface area contributed by atoms with Gasteiger partial charge in [-0.05, 0) is 26.0 Å². The van der Waals surface area contributed by atoms with E-state index >= 15 is 0 Å². The van der Waals surface area contributed by atoms with Gasteiger partial charge in [0.05, 0.1) is 16.1 Å². The molecule has 0 aliphatic rings. The molecule has 0 aromatic heterocycles. The van der Waals surface area contributed by atoms with Gasteiger partial charge in [0.1, 0.15) is 0 Å². The molecule has 0 bridgehead atoms. The van der Waals surface area contributed by atoms with E-state index in [2.05, 4.69) is 5.32 Å². The van der Waals surface area contributed by atoms with Crippen LogP contribution in [-0.2, 0) is 4.79 Å². The number of nitrogens with one attached hydrogen (secondary N) is 1. The molecule has 5 heteroatoms. The molecule has 0 fully saturated rings. The first-order valence-corrected chi connectivity index (χ1v) is 5.61. The minimum atomic E-state index is -0.754. The fourth-order valence-electron chi connectivity index (χ4n) is 0.953. The summed E-state index contributed by atoms with van der Waals surface area (Å²) in [6.45, 7) is 3.36. The van der Waals surface area contributed by atoms with Crippen molar-refractivity contribution >= 4 is 34.8 Å². The van der Waals surface area contributed by atoms with E-state index in [4.69, 9.17) is 23.2 Å². The van der Waals surface area contributed by atoms with Crippen LogP contribution in [0, 0.1) is 11.2 Å². The van der Waals surface area contributed by atoms with E-state index in [-0.39, 0.29) is 22.5 Å². The summed E-state index contributed by atoms with van der Waals surface area (Å²) in [5.41, 5.74) is -0.688. The molecule has 0 saturated heterocycles. The van der Waals surface area contributed by atoms with Crippen molar-refractivity contribution in [3.63, 3.8) is 0 Å². The van der Waals surface area contributed by atoms with Gasteiger partial charge < -0.3 is 5.32 Å². The number of amides is 1. The second kappa shape index (κ2) is 5.02. The van der Waals surface area contributed by atoms with Gasteiger partial charge in [0.2, 0.25) is 5.91 Å². The van der Waals surface area contributed by atoms with Crippen molar-refractivity contribution in [1.29, 1.82) is 0 Å². The Labute approximate surface area is 104 Å². The van der Waals surface area contributed by atoms with Crippen LogP contribution in [0.2, 0.25) is 5.02 Å². The Hall–Kier alpha value is -0.800. The van der Waals surface area contributed by atoms with E-state index in [1.54, 1.807) is 19.9 Å². The lowest BCUT2D eigenvalue weighted by Crippen LogP contribution is -2.32. The summed E-state index contributed by atoms with van der Waals surface area (Å²) in [4.78, 5) is 11.7. The summed E-state index contributed by atoms with van der Waals surface area (Å²) in [5, 5.41) is 2.43. The number of alkyl halides is 1. The first kappa shape index (κ1) is 13.3. The Morgan fingerprint density at radius 3 is 2.69 bits per heavy atom. The molecule has 88 valence electrons. The molecule has 16 heavy (non-hydrogen) atoms. The Morgan fingerprint density at radius 1 is 1.50 bits per heavy atom. The average molecular weight is 264 g/mol. The quantitative estimate of drug-likeness (QED) is 0.829. The minimum Gasteiger partial charge on any atom is -0.323 e. The normalized spacial score (nSPS) is 11.3. The molecular formula is C11H12Cl2FNO. The highest BCUT2D eigenvalue weighted by Gasteiger charge is 2.27. The number of carbonyl (C=O) groups is 1. The zero-order valence-corrected chi connectivity index (χ0v) is 10.5. The largest absolute Gasteiger partial charge is 0.323 e. The molecule has 0 atom stereocenters. The van der Waals surface area contributed by atoms with E-state index in [9.17, 15) is 9.18 Å². The van der Waals surface area contributed by atoms with E-state index < -0.39 is 11.2 Å². The Kier molecular flexibility index (Phi) is 4.16. The third-order valence-electron chi connectivity index (χ3n) is 2.15. The minimum absolute atomic E-state index is 0.0264. The molecule has 1 aromatic carbocycles. The summed E-state index contributed by atoms with van der Waals surface area (Å²) in [6, 6.07) is 4.43. The van der Waals surface area contributed by atoms with Crippen LogP contribution in [0.25, 0.3) is 0 Å². The zero-order chi connectivity index (χ0) is 12.3. The van der Waals surface area contributed by atoms with Gasteiger partial charge in [-0.3, -0.25) is 4.79 Å². The highest BCUT2D eigenvalue weighted by molar-refractivity contribution is 6.31. The lowest BCUT2D eigenvalue weighted by atomic mass is 9.95. The van der Waals surface area contributed by atoms with Crippen LogP contribution in [0.4, 0.5) is 10.1 Å². The lowest BCUT2D eigenvalue weighted by Gasteiger charge is -2.20. The smallest absolute Gasteiger partial charge is 0.231 e. The van der Waals surface area contributed by atoms with Gasteiger partial charge in [-0.15, -0.1) is 11.6 Å². The van der Waals surface area contributed by atoms with Gasteiger partial charge in [-0.25, -0.2) is 4.39 Å². The van der Waals surface area contributed by atoms with E-state index in [0.29, 0.717) is 0 Å². The highest BCUT2D eigenvalue weighted by atomic mass is 35.5. The summed E-state index contributed by atoms with van der Waals surface area (Å²) < 4.78 is 13.5. The van der Waals surface area contributed by atoms with Crippen LogP contribution in [0.1, 0.15) is 13.8 Å². The van der Waals surface area contributed by atoms with Crippen LogP contribution in [-0.4, -0.2) is 11.8 Å². The Bertz CT molecular complexity index is 407. The first-order valence-electron chi connectivity index (χ1n) is 4.70. The molecule has 0 unspecified atom stereocenters. The van der Waals surface area contributed by atoms with Crippen molar-refractivity contribution < 1.29 is 9.18 Å². The molecule has 0 aliphatic heterocycles. The number of hydrogen-bond acceptors (Lipinski definition) is 1. The number of rotatable bonds is 3. The van der Waals surface area contributed by atoms with Crippen LogP contribution >= 0.6 is 23.2 Å². The SMILES string of the molecule is CC(C)(CCl)C(=O)Nc1cccc(Cl)c1F. The molecule has 1 amide bonds. The van der Waals surface area contributed by atoms with Crippen LogP contribution in [0.15, 0.2) is 18.2 Å². The number of benzene rings is 1. The molecule has 2 nitrogen and oxygen atoms in total. The van der Waals surface area contributed by atoms with Crippen molar-refractivity contribution in [3.8, 4) is 0 Å². The molecule has 1 rings (SSSR count). The monoisotopic (exact) mass is 263 g/mol. The van der Waals surface area contributed by atoms with Crippen molar-refractivity contribution in [2.45, 2.75) is 13.8 Å². The number of anilines is 1. The maximum atomic E-state index is 13.5. The maximum absolute atomic E-state index is 13.5. The summed E-state index contributed by atoms with van der Waals surface area (Å²) in [6.07, 6.45) is 0. The van der Waals surface area contributed by atoms with Crippen molar-refractivity contribution in [2.24, 2.45) is 5.41 Å². The van der Waals surface area contributed by atoms with Gasteiger partial charge in [0, 0.05) is 5.88 Å². The van der Waals surface area contributed by atoms with Crippen LogP contribution in [0.3, 0.4) is 0 Å². The predicted octanol–water partition coefficient (Wildman–Crippen LogP) is 3.68. The Balaban J connectivity index is 2.90. The van der Waals surface area contributed by atoms with Gasteiger partial charge in [0.15, 0.2) is 5.82 Å². The van der Waals surface area contributed by atoms with E-state index in [1.807, 2.05) is 0 Å². The molecule has 0 spiro atoms. The lowest BCUT2D eigenvalue weighted by molar-refractivity contribution is -0.123. The van der Waals surface area contributed by atoms with Crippen molar-refractivity contribution in [3.05, 3.63) is 29.0 Å². The van der Waals surface area contributed by atoms with E-state index in [1.165, 1.54) is 12.1 Å². The fraction of sp³-hybridized carbons (Fsp3) is 0.364. The molecule has 1 aromatic rings. The molecule has 0 saturated carbocycles. The maximum Gasteiger partial charge on any atom is 0.231 e. The molecule has 0 heterocycles. The fourth-order valence-corrected chi connectivity index (χ4v) is 1.25. The third-order valence-corrected chi connectivity index (χ3v) is 3.11. The summed E-state index contributed by atoms with van der Waals surface area (Å²) >= 11 is 11.2. The second-order valence-electron chi connectivity index (χ2n) is 4.07. The van der Waals surface area contributed by atoms with Gasteiger partial charge in [-0.2, -0.15) is 0 Å². The standard InChI is InChI=1S/C11H12Cl2FNO/c1-11(2,6-12)10(16)15-8-5-3-4-7(13)9(8)14/h3-5H,6H2,1-2H3,(H,15,16). The number of carbonyl (C=O) groups excluding carboxylic acids is 1. The zero-order valence-electron chi connectivity index (χ0n) is 8.98. The van der Waals surface area contributed by atoms with Crippen LogP contribution < -0.4 is 5.32 Å². The molecule has 1 N–H and O–H groups in total. The summed E-state index contributed by atoms with van der Waals surface area (Å²) in [7, 11) is 0. The highest BCUT2D eigenvalue weighted by Crippen LogP contribution is 2.25. The van der Waals surface area contributed by atoms with Crippen molar-refractivity contribution in [1.82, 2.24) is 0 Å². The van der Waals surface area contributed by atoms with Gasteiger partial charge >= 0.3 is 0 Å². The number of halogens is 3. The van der Waals surface area contributed by atoms with Crippen molar-refractivity contribution in [2.75, 3.05) is 11.2 Å². The average Bonchev–Trinajstić information content (AvgIpc) is 2.24. The molecule has 0 aliphatic carbocycles. The second-order valence-corrected chi connectivity index (χ2v) is 4.75. The van der Waals surface area contributed by atoms with Gasteiger partial charge in [0.25, 0.3) is 0 Å². The topological polar surface area (TPSA) is 29.1 Å². The molecular weight excluding hydrogens is 252 g/mol. The Morgan fingerprint density at radius 2 is 2.12 bits per heavy atom. The first-order chi connectivity index (χ1) is 7.38.